The molecule has 19 N–H and O–H groups in total. The van der Waals surface area contributed by atoms with Crippen molar-refractivity contribution in [2.24, 2.45) is 44.6 Å². The Morgan fingerprint density at radius 2 is 1.23 bits per heavy atom. The number of nitrogens with one attached hydrogen (secondary N) is 7. The molecule has 442 valence electrons. The van der Waals surface area contributed by atoms with Crippen molar-refractivity contribution in [3.63, 3.8) is 0 Å². The summed E-state index contributed by atoms with van der Waals surface area (Å²) in [6.45, 7) is 6.90. The van der Waals surface area contributed by atoms with Gasteiger partial charge in [0.15, 0.2) is 11.9 Å². The Balaban J connectivity index is 1.24. The number of likely N-dealkylation sites (tertiary alicyclic amines) is 2. The molecule has 2 aliphatic heterocycles. The van der Waals surface area contributed by atoms with Gasteiger partial charge in [0, 0.05) is 49.7 Å². The molecule has 0 saturated carbocycles. The number of fused-ring (bicyclic) bond motifs is 1. The van der Waals surface area contributed by atoms with Crippen LogP contribution >= 0.6 is 0 Å². The van der Waals surface area contributed by atoms with Crippen LogP contribution in [0.3, 0.4) is 0 Å². The Morgan fingerprint density at radius 3 is 1.85 bits per heavy atom. The quantitative estimate of drug-likeness (QED) is 0.0206. The number of carbonyl (C=O) groups excluding carboxylic acids is 8. The first-order valence-electron chi connectivity index (χ1n) is 27.3. The second-order valence-electron chi connectivity index (χ2n) is 20.7. The number of amides is 8. The molecule has 0 aliphatic carbocycles. The molecule has 1 aromatic heterocycles. The molecule has 81 heavy (non-hydrogen) atoms. The van der Waals surface area contributed by atoms with Crippen molar-refractivity contribution in [3.8, 4) is 5.75 Å². The predicted octanol–water partition coefficient (Wildman–Crippen LogP) is -1.85. The van der Waals surface area contributed by atoms with Gasteiger partial charge in [0.1, 0.15) is 54.1 Å². The molecular weight excluding hydrogens is 1050 g/mol. The number of hydrogen-bond acceptors (Lipinski definition) is 13. The Hall–Kier alpha value is -8.49. The van der Waals surface area contributed by atoms with Crippen LogP contribution in [0.25, 0.3) is 10.9 Å². The van der Waals surface area contributed by atoms with E-state index in [1.807, 2.05) is 24.3 Å². The largest absolute Gasteiger partial charge is 0.508 e. The van der Waals surface area contributed by atoms with E-state index in [1.54, 1.807) is 20.0 Å². The van der Waals surface area contributed by atoms with E-state index in [0.717, 1.165) is 16.5 Å². The second-order valence-corrected chi connectivity index (χ2v) is 20.7. The number of para-hydroxylation sites is 1. The fourth-order valence-electron chi connectivity index (χ4n) is 9.82. The number of guanidine groups is 2. The van der Waals surface area contributed by atoms with E-state index in [4.69, 9.17) is 28.7 Å². The Labute approximate surface area is 469 Å². The summed E-state index contributed by atoms with van der Waals surface area (Å²) in [6, 6.07) is 2.84. The van der Waals surface area contributed by atoms with Crippen molar-refractivity contribution >= 4 is 76.0 Å². The van der Waals surface area contributed by atoms with Gasteiger partial charge in [0.2, 0.25) is 47.3 Å². The molecule has 2 saturated heterocycles. The van der Waals surface area contributed by atoms with E-state index in [-0.39, 0.29) is 88.8 Å². The van der Waals surface area contributed by atoms with Gasteiger partial charge >= 0.3 is 5.97 Å². The summed E-state index contributed by atoms with van der Waals surface area (Å²) in [7, 11) is 0. The Bertz CT molecular complexity index is 2760. The maximum Gasteiger partial charge on any atom is 0.326 e. The number of aromatic amines is 1. The van der Waals surface area contributed by atoms with Crippen molar-refractivity contribution in [2.45, 2.75) is 153 Å². The molecule has 10 atom stereocenters. The maximum absolute atomic E-state index is 14.3. The van der Waals surface area contributed by atoms with E-state index in [9.17, 15) is 53.4 Å². The topological polar surface area (TPSA) is 443 Å². The number of benzene rings is 2. The second kappa shape index (κ2) is 30.2. The number of carboxylic acid groups (broad SMARTS) is 1. The van der Waals surface area contributed by atoms with Crippen LogP contribution in [0, 0.1) is 5.92 Å². The molecule has 3 aromatic rings. The number of nitrogens with zero attached hydrogens (tertiary/aromatic N) is 4. The summed E-state index contributed by atoms with van der Waals surface area (Å²) in [5.74, 6) is -7.67. The highest BCUT2D eigenvalue weighted by molar-refractivity contribution is 5.98. The lowest BCUT2D eigenvalue weighted by molar-refractivity contribution is -0.148. The first kappa shape index (κ1) is 63.3. The number of carboxylic acids is 1. The summed E-state index contributed by atoms with van der Waals surface area (Å²) < 4.78 is 0. The van der Waals surface area contributed by atoms with Crippen LogP contribution in [0.4, 0.5) is 0 Å². The molecule has 3 heterocycles. The Morgan fingerprint density at radius 1 is 0.667 bits per heavy atom. The van der Waals surface area contributed by atoms with Gasteiger partial charge in [-0.15, -0.1) is 0 Å². The molecule has 27 heteroatoms. The molecule has 0 unspecified atom stereocenters. The highest BCUT2D eigenvalue weighted by Gasteiger charge is 2.44. The van der Waals surface area contributed by atoms with Crippen molar-refractivity contribution in [1.29, 1.82) is 0 Å². The number of rotatable bonds is 29. The molecule has 2 aromatic carbocycles. The molecule has 0 spiro atoms. The fourth-order valence-corrected chi connectivity index (χ4v) is 9.82. The normalized spacial score (nSPS) is 17.9. The van der Waals surface area contributed by atoms with Gasteiger partial charge in [0.05, 0.1) is 6.04 Å². The first-order chi connectivity index (χ1) is 38.5. The number of carbonyl (C=O) groups is 9. The summed E-state index contributed by atoms with van der Waals surface area (Å²) in [5.41, 5.74) is 30.6. The van der Waals surface area contributed by atoms with Crippen LogP contribution in [0.15, 0.2) is 64.7 Å². The van der Waals surface area contributed by atoms with E-state index in [0.29, 0.717) is 31.2 Å². The molecule has 8 amide bonds. The van der Waals surface area contributed by atoms with Crippen molar-refractivity contribution < 1.29 is 53.4 Å². The predicted molar refractivity (Wildman–Crippen MR) is 301 cm³/mol. The van der Waals surface area contributed by atoms with Gasteiger partial charge in [-0.05, 0) is 107 Å². The van der Waals surface area contributed by atoms with E-state index < -0.39 is 114 Å². The zero-order valence-electron chi connectivity index (χ0n) is 46.3. The van der Waals surface area contributed by atoms with E-state index in [2.05, 4.69) is 46.9 Å². The number of phenolic OH excluding ortho intramolecular Hbond substituents is 1. The molecule has 27 nitrogen and oxygen atoms in total. The third kappa shape index (κ3) is 18.3. The van der Waals surface area contributed by atoms with Gasteiger partial charge in [-0.25, -0.2) is 4.79 Å². The number of phenols is 1. The van der Waals surface area contributed by atoms with E-state index >= 15 is 0 Å². The number of aromatic nitrogens is 1. The zero-order valence-corrected chi connectivity index (χ0v) is 46.3. The van der Waals surface area contributed by atoms with Crippen LogP contribution in [-0.4, -0.2) is 171 Å². The highest BCUT2D eigenvalue weighted by Crippen LogP contribution is 2.26. The lowest BCUT2D eigenvalue weighted by Gasteiger charge is -2.33. The van der Waals surface area contributed by atoms with Crippen LogP contribution < -0.4 is 60.6 Å². The van der Waals surface area contributed by atoms with Crippen LogP contribution in [0.1, 0.15) is 96.6 Å². The third-order valence-electron chi connectivity index (χ3n) is 14.5. The number of hydrogen-bond donors (Lipinski definition) is 14. The first-order valence-corrected chi connectivity index (χ1v) is 27.3. The number of aromatic hydroxyl groups is 1. The molecule has 5 rings (SSSR count). The van der Waals surface area contributed by atoms with Crippen LogP contribution in [-0.2, 0) is 56.0 Å². The zero-order chi connectivity index (χ0) is 59.5. The number of nitrogens with two attached hydrogens (primary N) is 5. The maximum atomic E-state index is 14.3. The third-order valence-corrected chi connectivity index (χ3v) is 14.5. The number of aliphatic carboxylic acids is 1. The summed E-state index contributed by atoms with van der Waals surface area (Å²) >= 11 is 0. The molecule has 0 bridgehead atoms. The van der Waals surface area contributed by atoms with Crippen molar-refractivity contribution in [3.05, 3.63) is 65.9 Å². The molecule has 2 aliphatic rings. The lowest BCUT2D eigenvalue weighted by Crippen LogP contribution is -2.60. The molecule has 0 radical (unpaired) electrons. The summed E-state index contributed by atoms with van der Waals surface area (Å²) in [5, 5.41) is 36.5. The fraction of sp³-hybridized carbons (Fsp3) is 0.537. The smallest absolute Gasteiger partial charge is 0.326 e. The van der Waals surface area contributed by atoms with Gasteiger partial charge in [-0.2, -0.15) is 0 Å². The average molecular weight is 1130 g/mol. The minimum atomic E-state index is -1.41. The van der Waals surface area contributed by atoms with Crippen LogP contribution in [0.5, 0.6) is 5.75 Å². The van der Waals surface area contributed by atoms with Gasteiger partial charge < -0.3 is 85.6 Å². The minimum Gasteiger partial charge on any atom is -0.508 e. The van der Waals surface area contributed by atoms with Crippen molar-refractivity contribution in [2.75, 3.05) is 26.2 Å². The van der Waals surface area contributed by atoms with Gasteiger partial charge in [-0.3, -0.25) is 48.3 Å². The molecular formula is C54H80N16O11. The number of aliphatic imine (C=N–C) groups is 2. The average Bonchev–Trinajstić information content (AvgIpc) is 4.29. The van der Waals surface area contributed by atoms with Crippen LogP contribution in [0.2, 0.25) is 0 Å². The monoisotopic (exact) mass is 1130 g/mol. The molecule has 2 fully saturated rings. The van der Waals surface area contributed by atoms with Crippen molar-refractivity contribution in [1.82, 2.24) is 46.7 Å². The Kier molecular flexibility index (Phi) is 23.6. The minimum absolute atomic E-state index is 0.0180. The van der Waals surface area contributed by atoms with E-state index in [1.165, 1.54) is 47.9 Å². The summed E-state index contributed by atoms with van der Waals surface area (Å²) in [6.07, 6.45) is 4.04. The number of H-pyrrole nitrogens is 1. The lowest BCUT2D eigenvalue weighted by atomic mass is 9.96. The summed E-state index contributed by atoms with van der Waals surface area (Å²) in [4.78, 5) is 138. The van der Waals surface area contributed by atoms with Gasteiger partial charge in [0.25, 0.3) is 0 Å². The standard InChI is InChI=1S/C54H80N16O11/c1-5-29(2)43(49(77)67-40(52(80)81)26-32-18-20-34(71)21-19-32)68-47(75)39(15-9-23-61-54(58)59)65-44(72)30(3)63-46(74)38(14-8-22-60-53(56)57)66-48(76)41-16-10-24-69(41)51(79)42-17-11-25-70(42)50(78)31(4)64-45(73)36(55)27-33-28-62-37-13-7-6-12-35(33)37/h6-7,12-13,18-21,28-31,36,38-43,62,71H,5,8-11,14-17,22-27,55H2,1-4H3,(H,63,74)(H,64,73)(H,65,72)(H,66,76)(H,67,77)(H,68,75)(H,80,81)(H4,56,57,60)(H4,58,59,61)/t29-,30-,31-,36-,38-,39-,40-,41-,42-,43-/m0/s1. The SMILES string of the molecule is CC[C@H](C)[C@H](NC(=O)[C@H](CCCN=C(N)N)NC(=O)[C@H](C)NC(=O)[C@H](CCCN=C(N)N)NC(=O)[C@@H]1CCCN1C(=O)[C@@H]1CCCN1C(=O)[C@H](C)NC(=O)[C@@H](N)Cc1c[nH]c2ccccc12)C(=O)N[C@@H](Cc1ccc(O)cc1)C(=O)O. The highest BCUT2D eigenvalue weighted by atomic mass is 16.4. The van der Waals surface area contributed by atoms with Gasteiger partial charge in [-0.1, -0.05) is 50.6 Å².